The molecule has 4 aromatic carbocycles. The van der Waals surface area contributed by atoms with Gasteiger partial charge in [-0.15, -0.1) is 0 Å². The summed E-state index contributed by atoms with van der Waals surface area (Å²) >= 11 is 0. The highest BCUT2D eigenvalue weighted by Gasteiger charge is 1.97. The topological polar surface area (TPSA) is 0 Å². The molecule has 4 rings (SSSR count). The van der Waals surface area contributed by atoms with Gasteiger partial charge in [-0.25, -0.2) is 0 Å². The molecule has 0 bridgehead atoms. The molecule has 0 saturated heterocycles. The van der Waals surface area contributed by atoms with Gasteiger partial charge >= 0.3 is 0 Å². The summed E-state index contributed by atoms with van der Waals surface area (Å²) < 4.78 is 0. The second-order valence-electron chi connectivity index (χ2n) is 12.7. The zero-order valence-electron chi connectivity index (χ0n) is 28.4. The Labute approximate surface area is 280 Å². The number of hydrogen-bond donors (Lipinski definition) is 0. The minimum atomic E-state index is 1.03. The predicted octanol–water partition coefficient (Wildman–Crippen LogP) is 13.2. The molecule has 0 atom stereocenters. The van der Waals surface area contributed by atoms with Gasteiger partial charge in [-0.3, -0.25) is 0 Å². The second kappa shape index (κ2) is 20.9. The van der Waals surface area contributed by atoms with E-state index in [2.05, 4.69) is 147 Å². The van der Waals surface area contributed by atoms with Crippen molar-refractivity contribution in [1.29, 1.82) is 0 Å². The summed E-state index contributed by atoms with van der Waals surface area (Å²) in [5, 5.41) is 0. The molecule has 0 aromatic heterocycles. The van der Waals surface area contributed by atoms with E-state index in [0.717, 1.165) is 11.1 Å². The Morgan fingerprint density at radius 3 is 0.957 bits per heavy atom. The average Bonchev–Trinajstić information content (AvgIpc) is 3.10. The molecule has 0 heteroatoms. The van der Waals surface area contributed by atoms with Crippen LogP contribution in [0.1, 0.15) is 135 Å². The van der Waals surface area contributed by atoms with E-state index in [0.29, 0.717) is 0 Å². The second-order valence-corrected chi connectivity index (χ2v) is 12.7. The van der Waals surface area contributed by atoms with E-state index in [1.54, 1.807) is 0 Å². The Balaban J connectivity index is 1.20. The standard InChI is InChI=1S/C46H54/c1-3-5-7-9-11-13-15-39-17-21-41(22-18-39)25-27-43-29-33-45(34-30-43)37-38-46-35-31-44(32-36-46)28-26-42-23-19-40(20-24-42)16-14-12-10-8-6-4-2/h17-36H,3-16H2,1-2H3/b27-25+,28-26+. The molecule has 0 aliphatic rings. The minimum Gasteiger partial charge on any atom is -0.0654 e. The van der Waals surface area contributed by atoms with Crippen molar-refractivity contribution in [3.05, 3.63) is 142 Å². The summed E-state index contributed by atoms with van der Waals surface area (Å²) in [5.41, 5.74) is 9.80. The zero-order valence-corrected chi connectivity index (χ0v) is 28.4. The highest BCUT2D eigenvalue weighted by atomic mass is 14.0. The van der Waals surface area contributed by atoms with Crippen molar-refractivity contribution in [2.24, 2.45) is 0 Å². The summed E-state index contributed by atoms with van der Waals surface area (Å²) in [5.74, 6) is 6.63. The van der Waals surface area contributed by atoms with Gasteiger partial charge in [-0.1, -0.05) is 187 Å². The maximum absolute atomic E-state index is 3.32. The summed E-state index contributed by atoms with van der Waals surface area (Å²) in [7, 11) is 0. The molecule has 0 aliphatic heterocycles. The van der Waals surface area contributed by atoms with Crippen LogP contribution in [-0.4, -0.2) is 0 Å². The van der Waals surface area contributed by atoms with Crippen LogP contribution in [0.25, 0.3) is 24.3 Å². The smallest absolute Gasteiger partial charge is 0.0249 e. The van der Waals surface area contributed by atoms with Gasteiger partial charge in [0.1, 0.15) is 0 Å². The van der Waals surface area contributed by atoms with Crippen molar-refractivity contribution < 1.29 is 0 Å². The van der Waals surface area contributed by atoms with E-state index in [1.807, 2.05) is 0 Å². The van der Waals surface area contributed by atoms with Gasteiger partial charge in [0.25, 0.3) is 0 Å². The van der Waals surface area contributed by atoms with Gasteiger partial charge in [-0.05, 0) is 83.3 Å². The molecule has 0 nitrogen and oxygen atoms in total. The molecule has 0 saturated carbocycles. The Hall–Kier alpha value is -4.08. The fourth-order valence-electron chi connectivity index (χ4n) is 5.69. The Kier molecular flexibility index (Phi) is 15.8. The SMILES string of the molecule is CCCCCCCCc1ccc(/C=C/c2ccc(C#Cc3ccc(/C=C/c4ccc(CCCCCCCC)cc4)cc3)cc2)cc1. The Bertz CT molecular complexity index is 1380. The molecule has 0 amide bonds. The lowest BCUT2D eigenvalue weighted by atomic mass is 10.0. The lowest BCUT2D eigenvalue weighted by Gasteiger charge is -2.03. The molecule has 0 heterocycles. The fraction of sp³-hybridized carbons (Fsp3) is 0.348. The van der Waals surface area contributed by atoms with E-state index in [-0.39, 0.29) is 0 Å². The van der Waals surface area contributed by atoms with Crippen LogP contribution in [-0.2, 0) is 12.8 Å². The lowest BCUT2D eigenvalue weighted by molar-refractivity contribution is 0.607. The number of unbranched alkanes of at least 4 members (excludes halogenated alkanes) is 10. The van der Waals surface area contributed by atoms with Crippen LogP contribution >= 0.6 is 0 Å². The summed E-state index contributed by atoms with van der Waals surface area (Å²) in [6, 6.07) is 35.0. The first-order valence-electron chi connectivity index (χ1n) is 18.0. The third-order valence-corrected chi connectivity index (χ3v) is 8.71. The zero-order chi connectivity index (χ0) is 32.1. The molecular weight excluding hydrogens is 553 g/mol. The third kappa shape index (κ3) is 13.5. The van der Waals surface area contributed by atoms with Crippen molar-refractivity contribution in [3.8, 4) is 11.8 Å². The van der Waals surface area contributed by atoms with Crippen LogP contribution in [0.2, 0.25) is 0 Å². The third-order valence-electron chi connectivity index (χ3n) is 8.71. The van der Waals surface area contributed by atoms with Crippen molar-refractivity contribution in [1.82, 2.24) is 0 Å². The van der Waals surface area contributed by atoms with Gasteiger partial charge < -0.3 is 0 Å². The molecule has 0 N–H and O–H groups in total. The molecule has 0 aliphatic carbocycles. The molecule has 4 aromatic rings. The predicted molar refractivity (Wildman–Crippen MR) is 204 cm³/mol. The average molecular weight is 607 g/mol. The van der Waals surface area contributed by atoms with Gasteiger partial charge in [0.05, 0.1) is 0 Å². The van der Waals surface area contributed by atoms with Crippen molar-refractivity contribution in [2.45, 2.75) is 104 Å². The minimum absolute atomic E-state index is 1.03. The molecule has 0 spiro atoms. The molecule has 238 valence electrons. The number of hydrogen-bond acceptors (Lipinski definition) is 0. The van der Waals surface area contributed by atoms with E-state index in [4.69, 9.17) is 0 Å². The summed E-state index contributed by atoms with van der Waals surface area (Å²) in [6.07, 6.45) is 27.3. The van der Waals surface area contributed by atoms with Gasteiger partial charge in [0, 0.05) is 11.1 Å². The first-order valence-corrected chi connectivity index (χ1v) is 18.0. The van der Waals surface area contributed by atoms with Crippen LogP contribution in [0.15, 0.2) is 97.1 Å². The van der Waals surface area contributed by atoms with Gasteiger partial charge in [0.2, 0.25) is 0 Å². The molecular formula is C46H54. The van der Waals surface area contributed by atoms with E-state index in [9.17, 15) is 0 Å². The van der Waals surface area contributed by atoms with Crippen LogP contribution < -0.4 is 0 Å². The molecule has 0 unspecified atom stereocenters. The normalized spacial score (nSPS) is 11.3. The lowest BCUT2D eigenvalue weighted by Crippen LogP contribution is -1.86. The number of aryl methyl sites for hydroxylation is 2. The van der Waals surface area contributed by atoms with Crippen molar-refractivity contribution >= 4 is 24.3 Å². The maximum atomic E-state index is 3.32. The van der Waals surface area contributed by atoms with Crippen LogP contribution in [0.5, 0.6) is 0 Å². The molecule has 0 fully saturated rings. The van der Waals surface area contributed by atoms with Gasteiger partial charge in [-0.2, -0.15) is 0 Å². The monoisotopic (exact) mass is 606 g/mol. The Morgan fingerprint density at radius 1 is 0.348 bits per heavy atom. The first-order chi connectivity index (χ1) is 22.7. The van der Waals surface area contributed by atoms with E-state index >= 15 is 0 Å². The largest absolute Gasteiger partial charge is 0.0654 e. The summed E-state index contributed by atoms with van der Waals surface area (Å²) in [4.78, 5) is 0. The van der Waals surface area contributed by atoms with Crippen LogP contribution in [0, 0.1) is 11.8 Å². The van der Waals surface area contributed by atoms with E-state index < -0.39 is 0 Å². The quantitative estimate of drug-likeness (QED) is 0.0600. The van der Waals surface area contributed by atoms with Gasteiger partial charge in [0.15, 0.2) is 0 Å². The fourth-order valence-corrected chi connectivity index (χ4v) is 5.69. The molecule has 46 heavy (non-hydrogen) atoms. The molecule has 0 radical (unpaired) electrons. The number of rotatable bonds is 18. The maximum Gasteiger partial charge on any atom is 0.0249 e. The highest BCUT2D eigenvalue weighted by Crippen LogP contribution is 2.16. The van der Waals surface area contributed by atoms with Crippen LogP contribution in [0.3, 0.4) is 0 Å². The number of benzene rings is 4. The Morgan fingerprint density at radius 2 is 0.630 bits per heavy atom. The van der Waals surface area contributed by atoms with Crippen molar-refractivity contribution in [3.63, 3.8) is 0 Å². The summed E-state index contributed by atoms with van der Waals surface area (Å²) in [6.45, 7) is 4.55. The first kappa shape index (κ1) is 34.8. The van der Waals surface area contributed by atoms with E-state index in [1.165, 1.54) is 123 Å². The highest BCUT2D eigenvalue weighted by molar-refractivity contribution is 5.71. The van der Waals surface area contributed by atoms with Crippen molar-refractivity contribution in [2.75, 3.05) is 0 Å². The van der Waals surface area contributed by atoms with Crippen LogP contribution in [0.4, 0.5) is 0 Å².